The smallest absolute Gasteiger partial charge is 0.268 e. The van der Waals surface area contributed by atoms with Gasteiger partial charge >= 0.3 is 0 Å². The van der Waals surface area contributed by atoms with Gasteiger partial charge in [0.15, 0.2) is 0 Å². The average molecular weight is 461 g/mol. The van der Waals surface area contributed by atoms with Gasteiger partial charge in [0, 0.05) is 44.3 Å². The molecule has 0 atom stereocenters. The highest BCUT2D eigenvalue weighted by Gasteiger charge is 2.42. The third-order valence-corrected chi connectivity index (χ3v) is 7.63. The molecule has 6 rings (SSSR count). The summed E-state index contributed by atoms with van der Waals surface area (Å²) in [5.74, 6) is 1.19. The van der Waals surface area contributed by atoms with Crippen molar-refractivity contribution in [2.75, 3.05) is 49.5 Å². The summed E-state index contributed by atoms with van der Waals surface area (Å²) in [4.78, 5) is 31.5. The molecule has 5 heterocycles. The number of hydrogen-bond acceptors (Lipinski definition) is 7. The Balaban J connectivity index is 1.22. The van der Waals surface area contributed by atoms with Crippen LogP contribution < -0.4 is 15.5 Å². The van der Waals surface area contributed by atoms with Crippen molar-refractivity contribution in [3.05, 3.63) is 36.3 Å². The lowest BCUT2D eigenvalue weighted by Crippen LogP contribution is -2.50. The van der Waals surface area contributed by atoms with Gasteiger partial charge in [-0.2, -0.15) is 4.98 Å². The molecule has 178 valence electrons. The number of carbonyl (C=O) groups is 1. The monoisotopic (exact) mass is 460 g/mol. The first-order valence-electron chi connectivity index (χ1n) is 12.5. The molecule has 0 radical (unpaired) electrons. The number of aromatic nitrogens is 4. The van der Waals surface area contributed by atoms with Crippen LogP contribution in [0.3, 0.4) is 0 Å². The van der Waals surface area contributed by atoms with Crippen LogP contribution in [0.1, 0.15) is 49.5 Å². The molecule has 2 aliphatic heterocycles. The van der Waals surface area contributed by atoms with Gasteiger partial charge in [0.25, 0.3) is 5.91 Å². The first-order chi connectivity index (χ1) is 16.6. The topological polar surface area (TPSA) is 91.2 Å². The number of nitrogens with zero attached hydrogens (tertiary/aromatic N) is 6. The van der Waals surface area contributed by atoms with Crippen molar-refractivity contribution < 1.29 is 4.79 Å². The summed E-state index contributed by atoms with van der Waals surface area (Å²) in [5, 5.41) is 7.25. The lowest BCUT2D eigenvalue weighted by atomic mass is 9.94. The minimum absolute atomic E-state index is 0.0298. The van der Waals surface area contributed by atoms with Gasteiger partial charge < -0.3 is 20.1 Å². The van der Waals surface area contributed by atoms with Gasteiger partial charge in [-0.3, -0.25) is 9.69 Å². The molecule has 1 amide bonds. The molecule has 3 aromatic rings. The summed E-state index contributed by atoms with van der Waals surface area (Å²) in [6.07, 6.45) is 9.41. The Kier molecular flexibility index (Phi) is 5.36. The van der Waals surface area contributed by atoms with Crippen LogP contribution in [-0.4, -0.2) is 69.6 Å². The number of fused-ring (bicyclic) bond motifs is 4. The number of hydrogen-bond donors (Lipinski definition) is 2. The van der Waals surface area contributed by atoms with E-state index in [0.29, 0.717) is 24.0 Å². The molecule has 1 saturated heterocycles. The van der Waals surface area contributed by atoms with E-state index in [1.165, 1.54) is 25.8 Å². The second-order valence-electron chi connectivity index (χ2n) is 9.81. The molecule has 2 N–H and O–H groups in total. The summed E-state index contributed by atoms with van der Waals surface area (Å²) in [7, 11) is 0. The fraction of sp³-hybridized carbons (Fsp3) is 0.520. The van der Waals surface area contributed by atoms with Crippen LogP contribution >= 0.6 is 0 Å². The van der Waals surface area contributed by atoms with Crippen molar-refractivity contribution in [1.29, 1.82) is 0 Å². The standard InChI is InChI=1S/C25H32N8O/c1-2-9-31-10-12-32(13-11-31)19-5-6-21(26-16-19)29-24-27-15-18-14-20-23(34)28-17-25(7-3-4-8-25)33(20)22(18)30-24/h5-6,14-16H,2-4,7-13,17H2,1H3,(H,28,34)(H,26,27,29,30). The number of rotatable bonds is 5. The lowest BCUT2D eigenvalue weighted by Gasteiger charge is -2.37. The molecule has 1 aliphatic carbocycles. The van der Waals surface area contributed by atoms with Crippen LogP contribution in [0.5, 0.6) is 0 Å². The van der Waals surface area contributed by atoms with Crippen LogP contribution in [-0.2, 0) is 5.54 Å². The molecule has 0 unspecified atom stereocenters. The van der Waals surface area contributed by atoms with E-state index in [0.717, 1.165) is 55.7 Å². The molecular weight excluding hydrogens is 428 g/mol. The van der Waals surface area contributed by atoms with Crippen molar-refractivity contribution >= 4 is 34.4 Å². The zero-order valence-corrected chi connectivity index (χ0v) is 19.8. The maximum absolute atomic E-state index is 12.6. The van der Waals surface area contributed by atoms with E-state index in [4.69, 9.17) is 4.98 Å². The maximum atomic E-state index is 12.6. The second kappa shape index (κ2) is 8.54. The molecule has 3 aromatic heterocycles. The molecule has 1 saturated carbocycles. The second-order valence-corrected chi connectivity index (χ2v) is 9.81. The van der Waals surface area contributed by atoms with Crippen LogP contribution in [0.4, 0.5) is 17.5 Å². The number of nitrogens with one attached hydrogen (secondary N) is 2. The van der Waals surface area contributed by atoms with Crippen molar-refractivity contribution in [3.63, 3.8) is 0 Å². The molecule has 3 aliphatic rings. The van der Waals surface area contributed by atoms with E-state index in [9.17, 15) is 4.79 Å². The molecule has 2 fully saturated rings. The van der Waals surface area contributed by atoms with Gasteiger partial charge in [0.1, 0.15) is 17.2 Å². The van der Waals surface area contributed by atoms with Gasteiger partial charge in [0.2, 0.25) is 5.95 Å². The highest BCUT2D eigenvalue weighted by molar-refractivity contribution is 5.99. The molecule has 9 nitrogen and oxygen atoms in total. The van der Waals surface area contributed by atoms with Gasteiger partial charge in [-0.05, 0) is 44.0 Å². The number of carbonyl (C=O) groups excluding carboxylic acids is 1. The largest absolute Gasteiger partial charge is 0.368 e. The Hall–Kier alpha value is -3.20. The maximum Gasteiger partial charge on any atom is 0.268 e. The molecule has 9 heteroatoms. The summed E-state index contributed by atoms with van der Waals surface area (Å²) >= 11 is 0. The summed E-state index contributed by atoms with van der Waals surface area (Å²) in [6, 6.07) is 6.02. The van der Waals surface area contributed by atoms with Crippen LogP contribution in [0.2, 0.25) is 0 Å². The van der Waals surface area contributed by atoms with Crippen molar-refractivity contribution in [3.8, 4) is 0 Å². The molecule has 0 bridgehead atoms. The fourth-order valence-corrected chi connectivity index (χ4v) is 5.85. The Morgan fingerprint density at radius 2 is 1.91 bits per heavy atom. The number of amides is 1. The van der Waals surface area contributed by atoms with Crippen molar-refractivity contribution in [2.24, 2.45) is 0 Å². The van der Waals surface area contributed by atoms with Crippen LogP contribution in [0.15, 0.2) is 30.6 Å². The molecular formula is C25H32N8O. The summed E-state index contributed by atoms with van der Waals surface area (Å²) in [5.41, 5.74) is 2.59. The van der Waals surface area contributed by atoms with Gasteiger partial charge in [-0.15, -0.1) is 0 Å². The predicted molar refractivity (Wildman–Crippen MR) is 133 cm³/mol. The van der Waals surface area contributed by atoms with E-state index >= 15 is 0 Å². The zero-order chi connectivity index (χ0) is 23.1. The fourth-order valence-electron chi connectivity index (χ4n) is 5.85. The molecule has 34 heavy (non-hydrogen) atoms. The third-order valence-electron chi connectivity index (χ3n) is 7.63. The van der Waals surface area contributed by atoms with Crippen molar-refractivity contribution in [2.45, 2.75) is 44.6 Å². The van der Waals surface area contributed by atoms with Crippen LogP contribution in [0, 0.1) is 0 Å². The number of anilines is 3. The van der Waals surface area contributed by atoms with Crippen LogP contribution in [0.25, 0.3) is 11.0 Å². The van der Waals surface area contributed by atoms with E-state index in [1.54, 1.807) is 6.20 Å². The number of piperazine rings is 1. The predicted octanol–water partition coefficient (Wildman–Crippen LogP) is 3.11. The minimum Gasteiger partial charge on any atom is -0.368 e. The van der Waals surface area contributed by atoms with Gasteiger partial charge in [-0.1, -0.05) is 19.8 Å². The Labute approximate surface area is 199 Å². The Bertz CT molecular complexity index is 1190. The Morgan fingerprint density at radius 3 is 2.65 bits per heavy atom. The highest BCUT2D eigenvalue weighted by Crippen LogP contribution is 2.41. The molecule has 0 aromatic carbocycles. The molecule has 1 spiro atoms. The van der Waals surface area contributed by atoms with E-state index in [1.807, 2.05) is 18.3 Å². The highest BCUT2D eigenvalue weighted by atomic mass is 16.2. The third kappa shape index (κ3) is 3.68. The number of pyridine rings is 1. The van der Waals surface area contributed by atoms with Gasteiger partial charge in [-0.25, -0.2) is 9.97 Å². The average Bonchev–Trinajstić information content (AvgIpc) is 3.49. The van der Waals surface area contributed by atoms with E-state index < -0.39 is 0 Å². The lowest BCUT2D eigenvalue weighted by molar-refractivity contribution is 0.0876. The summed E-state index contributed by atoms with van der Waals surface area (Å²) < 4.78 is 2.18. The van der Waals surface area contributed by atoms with Gasteiger partial charge in [0.05, 0.1) is 17.4 Å². The first kappa shape index (κ1) is 21.3. The first-order valence-corrected chi connectivity index (χ1v) is 12.5. The zero-order valence-electron chi connectivity index (χ0n) is 19.8. The van der Waals surface area contributed by atoms with Crippen molar-refractivity contribution in [1.82, 2.24) is 29.7 Å². The van der Waals surface area contributed by atoms with E-state index in [-0.39, 0.29) is 11.4 Å². The normalized spacial score (nSPS) is 20.0. The summed E-state index contributed by atoms with van der Waals surface area (Å²) in [6.45, 7) is 8.34. The van der Waals surface area contributed by atoms with E-state index in [2.05, 4.69) is 48.0 Å². The Morgan fingerprint density at radius 1 is 1.09 bits per heavy atom. The minimum atomic E-state index is -0.0718. The quantitative estimate of drug-likeness (QED) is 0.605. The SMILES string of the molecule is CCCN1CCN(c2ccc(Nc3ncc4cc5n(c4n3)C3(CCCC3)CNC5=O)nc2)CC1.